The molecule has 0 unspecified atom stereocenters. The van der Waals surface area contributed by atoms with Crippen molar-refractivity contribution in [2.75, 3.05) is 18.4 Å². The molecule has 1 amide bonds. The molecule has 25 heavy (non-hydrogen) atoms. The fraction of sp³-hybridized carbons (Fsp3) is 0.389. The summed E-state index contributed by atoms with van der Waals surface area (Å²) in [5.41, 5.74) is 1.06. The number of aromatic nitrogens is 2. The molecule has 1 saturated heterocycles. The number of rotatable bonds is 5. The fourth-order valence-electron chi connectivity index (χ4n) is 3.28. The van der Waals surface area contributed by atoms with E-state index in [2.05, 4.69) is 27.5 Å². The first kappa shape index (κ1) is 16.2. The summed E-state index contributed by atoms with van der Waals surface area (Å²) in [7, 11) is 0. The van der Waals surface area contributed by atoms with Crippen molar-refractivity contribution in [3.05, 3.63) is 41.1 Å². The first-order valence-corrected chi connectivity index (χ1v) is 9.33. The molecule has 0 saturated carbocycles. The van der Waals surface area contributed by atoms with Gasteiger partial charge < -0.3 is 9.84 Å². The second-order valence-electron chi connectivity index (χ2n) is 6.33. The van der Waals surface area contributed by atoms with E-state index in [4.69, 9.17) is 9.51 Å². The van der Waals surface area contributed by atoms with Crippen molar-refractivity contribution >= 4 is 33.3 Å². The minimum Gasteiger partial charge on any atom is -0.360 e. The average Bonchev–Trinajstić information content (AvgIpc) is 3.31. The Bertz CT molecular complexity index is 855. The number of anilines is 1. The second kappa shape index (κ2) is 6.93. The minimum absolute atomic E-state index is 0.0387. The van der Waals surface area contributed by atoms with Crippen LogP contribution in [0.25, 0.3) is 10.2 Å². The van der Waals surface area contributed by atoms with Gasteiger partial charge in [-0.1, -0.05) is 17.3 Å². The van der Waals surface area contributed by atoms with Gasteiger partial charge in [0.15, 0.2) is 5.82 Å². The van der Waals surface area contributed by atoms with Crippen molar-refractivity contribution in [3.8, 4) is 0 Å². The van der Waals surface area contributed by atoms with Crippen LogP contribution in [0.15, 0.2) is 34.9 Å². The van der Waals surface area contributed by atoms with Crippen LogP contribution in [0.5, 0.6) is 0 Å². The topological polar surface area (TPSA) is 71.3 Å². The van der Waals surface area contributed by atoms with Crippen molar-refractivity contribution in [2.45, 2.75) is 32.2 Å². The summed E-state index contributed by atoms with van der Waals surface area (Å²) in [6.45, 7) is 3.54. The molecule has 1 atom stereocenters. The van der Waals surface area contributed by atoms with Gasteiger partial charge in [0.1, 0.15) is 10.8 Å². The first-order valence-electron chi connectivity index (χ1n) is 8.52. The summed E-state index contributed by atoms with van der Waals surface area (Å²) in [5.74, 6) is 1.13. The van der Waals surface area contributed by atoms with Crippen LogP contribution in [0.3, 0.4) is 0 Å². The normalized spacial score (nSPS) is 18.0. The number of nitrogens with zero attached hydrogens (tertiary/aromatic N) is 3. The molecule has 130 valence electrons. The van der Waals surface area contributed by atoms with Gasteiger partial charge in [-0.2, -0.15) is 0 Å². The fourth-order valence-corrected chi connectivity index (χ4v) is 4.42. The maximum atomic E-state index is 12.1. The molecular formula is C18H20N4O2S. The number of hydrogen-bond acceptors (Lipinski definition) is 6. The summed E-state index contributed by atoms with van der Waals surface area (Å²) in [4.78, 5) is 19.3. The summed E-state index contributed by atoms with van der Waals surface area (Å²) in [5, 5.41) is 7.73. The van der Waals surface area contributed by atoms with Gasteiger partial charge in [0.05, 0.1) is 16.3 Å². The number of thiazole rings is 1. The summed E-state index contributed by atoms with van der Waals surface area (Å²) < 4.78 is 6.19. The molecule has 4 rings (SSSR count). The molecule has 3 heterocycles. The maximum Gasteiger partial charge on any atom is 0.226 e. The molecule has 2 aromatic heterocycles. The highest BCUT2D eigenvalue weighted by molar-refractivity contribution is 7.18. The van der Waals surface area contributed by atoms with Crippen LogP contribution in [0.1, 0.15) is 36.1 Å². The number of benzene rings is 1. The smallest absolute Gasteiger partial charge is 0.226 e. The molecule has 6 nitrogen and oxygen atoms in total. The lowest BCUT2D eigenvalue weighted by atomic mass is 10.2. The summed E-state index contributed by atoms with van der Waals surface area (Å²) in [6.07, 6.45) is 2.68. The van der Waals surface area contributed by atoms with Gasteiger partial charge in [0, 0.05) is 19.0 Å². The van der Waals surface area contributed by atoms with E-state index >= 15 is 0 Å². The number of likely N-dealkylation sites (tertiary alicyclic amines) is 1. The Morgan fingerprint density at radius 2 is 2.32 bits per heavy atom. The van der Waals surface area contributed by atoms with Crippen LogP contribution < -0.4 is 5.32 Å². The van der Waals surface area contributed by atoms with Crippen LogP contribution in [0, 0.1) is 6.92 Å². The molecule has 7 heteroatoms. The predicted molar refractivity (Wildman–Crippen MR) is 97.7 cm³/mol. The Labute approximate surface area is 149 Å². The Kier molecular flexibility index (Phi) is 4.50. The molecular weight excluding hydrogens is 336 g/mol. The standard InChI is InChI=1S/C18H20N4O2S/c1-12-11-16(21-24-12)20-17(23)8-10-22-9-4-6-14(22)18-19-13-5-2-3-7-15(13)25-18/h2-3,5,7,11,14H,4,6,8-10H2,1H3,(H,20,21,23)/t14-/m1/s1. The summed E-state index contributed by atoms with van der Waals surface area (Å²) >= 11 is 1.76. The van der Waals surface area contributed by atoms with Crippen molar-refractivity contribution in [1.29, 1.82) is 0 Å². The third kappa shape index (κ3) is 3.57. The van der Waals surface area contributed by atoms with E-state index in [9.17, 15) is 4.79 Å². The van der Waals surface area contributed by atoms with Crippen LogP contribution in [0.2, 0.25) is 0 Å². The van der Waals surface area contributed by atoms with Crippen LogP contribution in [-0.4, -0.2) is 34.0 Å². The molecule has 1 aliphatic rings. The number of carbonyl (C=O) groups is 1. The first-order chi connectivity index (χ1) is 12.2. The highest BCUT2D eigenvalue weighted by atomic mass is 32.1. The van der Waals surface area contributed by atoms with E-state index in [1.54, 1.807) is 24.3 Å². The van der Waals surface area contributed by atoms with Crippen molar-refractivity contribution in [3.63, 3.8) is 0 Å². The number of fused-ring (bicyclic) bond motifs is 1. The molecule has 1 aromatic carbocycles. The Hall–Kier alpha value is -2.25. The molecule has 3 aromatic rings. The number of amides is 1. The largest absolute Gasteiger partial charge is 0.360 e. The molecule has 0 spiro atoms. The molecule has 1 N–H and O–H groups in total. The average molecular weight is 356 g/mol. The Balaban J connectivity index is 1.38. The van der Waals surface area contributed by atoms with Crippen molar-refractivity contribution < 1.29 is 9.32 Å². The van der Waals surface area contributed by atoms with E-state index in [0.717, 1.165) is 36.5 Å². The van der Waals surface area contributed by atoms with Gasteiger partial charge in [-0.15, -0.1) is 11.3 Å². The second-order valence-corrected chi connectivity index (χ2v) is 7.40. The zero-order chi connectivity index (χ0) is 17.2. The SMILES string of the molecule is Cc1cc(NC(=O)CCN2CCC[C@@H]2c2nc3ccccc3s2)no1. The van der Waals surface area contributed by atoms with E-state index in [1.165, 1.54) is 4.70 Å². The number of carbonyl (C=O) groups excluding carboxylic acids is 1. The molecule has 0 aliphatic carbocycles. The van der Waals surface area contributed by atoms with Crippen molar-refractivity contribution in [1.82, 2.24) is 15.0 Å². The third-order valence-electron chi connectivity index (χ3n) is 4.48. The van der Waals surface area contributed by atoms with Crippen LogP contribution >= 0.6 is 11.3 Å². The lowest BCUT2D eigenvalue weighted by Gasteiger charge is -2.22. The van der Waals surface area contributed by atoms with Crippen LogP contribution in [-0.2, 0) is 4.79 Å². The van der Waals surface area contributed by atoms with Gasteiger partial charge in [0.25, 0.3) is 0 Å². The van der Waals surface area contributed by atoms with Gasteiger partial charge in [0.2, 0.25) is 5.91 Å². The van der Waals surface area contributed by atoms with Gasteiger partial charge >= 0.3 is 0 Å². The Morgan fingerprint density at radius 1 is 1.44 bits per heavy atom. The summed E-state index contributed by atoms with van der Waals surface area (Å²) in [6, 6.07) is 10.3. The number of aryl methyl sites for hydroxylation is 1. The van der Waals surface area contributed by atoms with E-state index in [-0.39, 0.29) is 5.91 Å². The van der Waals surface area contributed by atoms with E-state index in [1.807, 2.05) is 12.1 Å². The van der Waals surface area contributed by atoms with Crippen molar-refractivity contribution in [2.24, 2.45) is 0 Å². The van der Waals surface area contributed by atoms with Crippen LogP contribution in [0.4, 0.5) is 5.82 Å². The maximum absolute atomic E-state index is 12.1. The third-order valence-corrected chi connectivity index (χ3v) is 5.62. The van der Waals surface area contributed by atoms with Gasteiger partial charge in [-0.05, 0) is 38.4 Å². The molecule has 1 aliphatic heterocycles. The van der Waals surface area contributed by atoms with Gasteiger partial charge in [-0.3, -0.25) is 9.69 Å². The highest BCUT2D eigenvalue weighted by Crippen LogP contribution is 2.36. The molecule has 1 fully saturated rings. The zero-order valence-corrected chi connectivity index (χ0v) is 14.9. The Morgan fingerprint density at radius 3 is 3.12 bits per heavy atom. The van der Waals surface area contributed by atoms with E-state index < -0.39 is 0 Å². The lowest BCUT2D eigenvalue weighted by molar-refractivity contribution is -0.116. The predicted octanol–water partition coefficient (Wildman–Crippen LogP) is 3.76. The van der Waals surface area contributed by atoms with E-state index in [0.29, 0.717) is 24.0 Å². The highest BCUT2D eigenvalue weighted by Gasteiger charge is 2.28. The minimum atomic E-state index is -0.0387. The zero-order valence-electron chi connectivity index (χ0n) is 14.1. The number of nitrogens with one attached hydrogen (secondary N) is 1. The monoisotopic (exact) mass is 356 g/mol. The number of para-hydroxylation sites is 1. The molecule has 0 radical (unpaired) electrons. The quantitative estimate of drug-likeness (QED) is 0.754. The lowest BCUT2D eigenvalue weighted by Crippen LogP contribution is -2.27. The molecule has 0 bridgehead atoms. The number of hydrogen-bond donors (Lipinski definition) is 1. The van der Waals surface area contributed by atoms with Gasteiger partial charge in [-0.25, -0.2) is 4.98 Å².